The molecule has 1 aromatic heterocycles. The van der Waals surface area contributed by atoms with Gasteiger partial charge >= 0.3 is 13.2 Å². The largest absolute Gasteiger partial charge is 0.435 e. The minimum Gasteiger partial charge on any atom is -0.435 e. The van der Waals surface area contributed by atoms with Gasteiger partial charge in [-0.1, -0.05) is 30.3 Å². The van der Waals surface area contributed by atoms with Crippen LogP contribution in [0.3, 0.4) is 0 Å². The summed E-state index contributed by atoms with van der Waals surface area (Å²) in [5, 5.41) is 11.9. The molecular weight excluding hydrogens is 368 g/mol. The summed E-state index contributed by atoms with van der Waals surface area (Å²) in [5.74, 6) is -0.242. The number of rotatable bonds is 7. The van der Waals surface area contributed by atoms with Crippen LogP contribution in [-0.2, 0) is 0 Å². The molecule has 6 nitrogen and oxygen atoms in total. The second kappa shape index (κ2) is 8.30. The van der Waals surface area contributed by atoms with Crippen molar-refractivity contribution in [3.05, 3.63) is 60.4 Å². The van der Waals surface area contributed by atoms with Crippen LogP contribution in [0.5, 0.6) is 11.5 Å². The lowest BCUT2D eigenvalue weighted by molar-refractivity contribution is -0.0543. The molecule has 0 aliphatic carbocycles. The van der Waals surface area contributed by atoms with Crippen LogP contribution >= 0.6 is 0 Å². The van der Waals surface area contributed by atoms with E-state index in [4.69, 9.17) is 0 Å². The Morgan fingerprint density at radius 3 is 2.41 bits per heavy atom. The fraction of sp³-hybridized carbons (Fsp3) is 0.118. The van der Waals surface area contributed by atoms with Crippen LogP contribution in [-0.4, -0.2) is 34.3 Å². The molecule has 140 valence electrons. The summed E-state index contributed by atoms with van der Waals surface area (Å²) < 4.78 is 59.7. The third-order valence-electron chi connectivity index (χ3n) is 3.31. The highest BCUT2D eigenvalue weighted by Crippen LogP contribution is 2.26. The normalized spacial score (nSPS) is 11.5. The number of aromatic nitrogens is 3. The Labute approximate surface area is 150 Å². The molecule has 0 amide bonds. The molecule has 0 atom stereocenters. The first-order valence-electron chi connectivity index (χ1n) is 7.56. The second-order valence-corrected chi connectivity index (χ2v) is 5.07. The summed E-state index contributed by atoms with van der Waals surface area (Å²) in [6, 6.07) is 12.5. The Hall–Kier alpha value is -3.43. The number of ether oxygens (including phenoxy) is 2. The summed E-state index contributed by atoms with van der Waals surface area (Å²) in [6.45, 7) is -6.23. The SMILES string of the molecule is FC(F)Oc1ccc(/C=N\n2cnnc2-c2ccccc2)c(OC(F)F)c1. The lowest BCUT2D eigenvalue weighted by Crippen LogP contribution is -2.07. The summed E-state index contributed by atoms with van der Waals surface area (Å²) in [4.78, 5) is 0. The average molecular weight is 380 g/mol. The number of hydrogen-bond acceptors (Lipinski definition) is 5. The maximum absolute atomic E-state index is 12.6. The minimum absolute atomic E-state index is 0.129. The fourth-order valence-electron chi connectivity index (χ4n) is 2.21. The maximum Gasteiger partial charge on any atom is 0.387 e. The molecule has 0 saturated carbocycles. The molecule has 0 aliphatic rings. The van der Waals surface area contributed by atoms with E-state index in [1.807, 2.05) is 18.2 Å². The highest BCUT2D eigenvalue weighted by molar-refractivity contribution is 5.84. The van der Waals surface area contributed by atoms with Crippen LogP contribution in [0.25, 0.3) is 11.4 Å². The molecule has 0 spiro atoms. The van der Waals surface area contributed by atoms with Gasteiger partial charge in [-0.05, 0) is 12.1 Å². The highest BCUT2D eigenvalue weighted by atomic mass is 19.3. The topological polar surface area (TPSA) is 61.5 Å². The second-order valence-electron chi connectivity index (χ2n) is 5.07. The number of benzene rings is 2. The van der Waals surface area contributed by atoms with Crippen molar-refractivity contribution in [1.82, 2.24) is 14.9 Å². The molecule has 0 radical (unpaired) electrons. The minimum atomic E-state index is -3.14. The van der Waals surface area contributed by atoms with Gasteiger partial charge in [0.2, 0.25) is 0 Å². The van der Waals surface area contributed by atoms with Crippen LogP contribution in [0.15, 0.2) is 60.0 Å². The molecule has 0 fully saturated rings. The Bertz CT molecular complexity index is 916. The summed E-state index contributed by atoms with van der Waals surface area (Å²) >= 11 is 0. The van der Waals surface area contributed by atoms with Crippen LogP contribution < -0.4 is 9.47 Å². The van der Waals surface area contributed by atoms with Gasteiger partial charge < -0.3 is 9.47 Å². The van der Waals surface area contributed by atoms with E-state index in [1.54, 1.807) is 12.1 Å². The van der Waals surface area contributed by atoms with Gasteiger partial charge in [-0.15, -0.1) is 10.2 Å². The molecule has 0 N–H and O–H groups in total. The molecule has 0 saturated heterocycles. The van der Waals surface area contributed by atoms with Gasteiger partial charge in [-0.3, -0.25) is 0 Å². The first kappa shape index (κ1) is 18.4. The molecule has 10 heteroatoms. The van der Waals surface area contributed by atoms with Gasteiger partial charge in [-0.25, -0.2) is 0 Å². The molecule has 3 rings (SSSR count). The first-order chi connectivity index (χ1) is 13.0. The zero-order valence-corrected chi connectivity index (χ0v) is 13.5. The van der Waals surface area contributed by atoms with Gasteiger partial charge in [0.15, 0.2) is 5.82 Å². The van der Waals surface area contributed by atoms with Crippen LogP contribution in [0.4, 0.5) is 17.6 Å². The summed E-state index contributed by atoms with van der Waals surface area (Å²) in [5.41, 5.74) is 0.876. The lowest BCUT2D eigenvalue weighted by atomic mass is 10.2. The van der Waals surface area contributed by atoms with Crippen molar-refractivity contribution in [2.75, 3.05) is 0 Å². The summed E-state index contributed by atoms with van der Waals surface area (Å²) in [7, 11) is 0. The van der Waals surface area contributed by atoms with Gasteiger partial charge in [0.25, 0.3) is 0 Å². The molecule has 0 aliphatic heterocycles. The Kier molecular flexibility index (Phi) is 5.64. The highest BCUT2D eigenvalue weighted by Gasteiger charge is 2.13. The molecule has 2 aromatic carbocycles. The van der Waals surface area contributed by atoms with E-state index in [-0.39, 0.29) is 17.1 Å². The third kappa shape index (κ3) is 4.81. The third-order valence-corrected chi connectivity index (χ3v) is 3.31. The van der Waals surface area contributed by atoms with Crippen molar-refractivity contribution in [3.8, 4) is 22.9 Å². The van der Waals surface area contributed by atoms with E-state index < -0.39 is 13.2 Å². The molecule has 0 unspecified atom stereocenters. The van der Waals surface area contributed by atoms with Gasteiger partial charge in [0, 0.05) is 17.2 Å². The van der Waals surface area contributed by atoms with E-state index in [0.29, 0.717) is 5.82 Å². The van der Waals surface area contributed by atoms with Crippen molar-refractivity contribution in [3.63, 3.8) is 0 Å². The van der Waals surface area contributed by atoms with E-state index in [2.05, 4.69) is 24.8 Å². The van der Waals surface area contributed by atoms with E-state index in [1.165, 1.54) is 29.4 Å². The molecule has 3 aromatic rings. The monoisotopic (exact) mass is 380 g/mol. The number of hydrogen-bond donors (Lipinski definition) is 0. The standard InChI is InChI=1S/C17H12F4N4O2/c18-16(19)26-13-7-6-12(14(8-13)27-17(20)21)9-23-25-10-22-24-15(25)11-4-2-1-3-5-11/h1-10,16-17H/b23-9-. The predicted molar refractivity (Wildman–Crippen MR) is 88.2 cm³/mol. The van der Waals surface area contributed by atoms with Gasteiger partial charge in [0.05, 0.1) is 6.21 Å². The fourth-order valence-corrected chi connectivity index (χ4v) is 2.21. The number of nitrogens with zero attached hydrogens (tertiary/aromatic N) is 4. The van der Waals surface area contributed by atoms with Gasteiger partial charge in [-0.2, -0.15) is 27.3 Å². The van der Waals surface area contributed by atoms with Gasteiger partial charge in [0.1, 0.15) is 17.8 Å². The zero-order valence-electron chi connectivity index (χ0n) is 13.5. The smallest absolute Gasteiger partial charge is 0.387 e. The lowest BCUT2D eigenvalue weighted by Gasteiger charge is -2.10. The number of alkyl halides is 4. The average Bonchev–Trinajstić information content (AvgIpc) is 3.09. The van der Waals surface area contributed by atoms with Crippen LogP contribution in [0.1, 0.15) is 5.56 Å². The van der Waals surface area contributed by atoms with Crippen molar-refractivity contribution in [2.24, 2.45) is 5.10 Å². The molecule has 0 bridgehead atoms. The van der Waals surface area contributed by atoms with E-state index in [0.717, 1.165) is 11.6 Å². The number of halogens is 4. The maximum atomic E-state index is 12.6. The van der Waals surface area contributed by atoms with Crippen LogP contribution in [0, 0.1) is 0 Å². The molecule has 1 heterocycles. The first-order valence-corrected chi connectivity index (χ1v) is 7.56. The quantitative estimate of drug-likeness (QED) is 0.459. The Balaban J connectivity index is 1.90. The zero-order chi connectivity index (χ0) is 19.2. The van der Waals surface area contributed by atoms with E-state index in [9.17, 15) is 17.6 Å². The Morgan fingerprint density at radius 1 is 0.963 bits per heavy atom. The molecular formula is C17H12F4N4O2. The van der Waals surface area contributed by atoms with Crippen molar-refractivity contribution in [1.29, 1.82) is 0 Å². The van der Waals surface area contributed by atoms with Crippen LogP contribution in [0.2, 0.25) is 0 Å². The Morgan fingerprint density at radius 2 is 1.70 bits per heavy atom. The van der Waals surface area contributed by atoms with Crippen molar-refractivity contribution in [2.45, 2.75) is 13.2 Å². The van der Waals surface area contributed by atoms with Crippen molar-refractivity contribution < 1.29 is 27.0 Å². The molecule has 27 heavy (non-hydrogen) atoms. The summed E-state index contributed by atoms with van der Waals surface area (Å²) in [6.07, 6.45) is 2.56. The van der Waals surface area contributed by atoms with Crippen molar-refractivity contribution >= 4 is 6.21 Å². The predicted octanol–water partition coefficient (Wildman–Crippen LogP) is 4.03. The van der Waals surface area contributed by atoms with E-state index >= 15 is 0 Å².